The Morgan fingerprint density at radius 3 is 2.50 bits per heavy atom. The molecule has 26 heavy (non-hydrogen) atoms. The Morgan fingerprint density at radius 1 is 0.962 bits per heavy atom. The lowest BCUT2D eigenvalue weighted by molar-refractivity contribution is -0.384. The number of rotatable bonds is 7. The standard InChI is InChI=1S/C20H18N2O4/c1-2-25-20-5-3-4-16(11-20)17-10-15(12-21-13-17)14-26-19-8-6-18(7-9-19)22(23)24/h3-13H,2,14H2,1H3. The minimum absolute atomic E-state index is 0.0372. The first kappa shape index (κ1) is 17.4. The number of hydrogen-bond donors (Lipinski definition) is 0. The van der Waals surface area contributed by atoms with Crippen LogP contribution in [0.3, 0.4) is 0 Å². The number of nitro groups is 1. The summed E-state index contributed by atoms with van der Waals surface area (Å²) in [5.74, 6) is 1.39. The van der Waals surface area contributed by atoms with Crippen LogP contribution in [0.15, 0.2) is 67.0 Å². The number of pyridine rings is 1. The molecular weight excluding hydrogens is 332 g/mol. The van der Waals surface area contributed by atoms with Gasteiger partial charge >= 0.3 is 0 Å². The largest absolute Gasteiger partial charge is 0.494 e. The highest BCUT2D eigenvalue weighted by atomic mass is 16.6. The van der Waals surface area contributed by atoms with Gasteiger partial charge in [-0.1, -0.05) is 12.1 Å². The van der Waals surface area contributed by atoms with Gasteiger partial charge in [-0.05, 0) is 42.8 Å². The van der Waals surface area contributed by atoms with Crippen LogP contribution in [0.25, 0.3) is 11.1 Å². The molecule has 6 heteroatoms. The van der Waals surface area contributed by atoms with E-state index in [1.807, 2.05) is 37.3 Å². The number of aromatic nitrogens is 1. The van der Waals surface area contributed by atoms with E-state index in [1.54, 1.807) is 24.5 Å². The second kappa shape index (κ2) is 8.11. The van der Waals surface area contributed by atoms with Crippen LogP contribution in [0.1, 0.15) is 12.5 Å². The summed E-state index contributed by atoms with van der Waals surface area (Å²) >= 11 is 0. The van der Waals surface area contributed by atoms with E-state index >= 15 is 0 Å². The van der Waals surface area contributed by atoms with Crippen molar-refractivity contribution in [2.75, 3.05) is 6.61 Å². The summed E-state index contributed by atoms with van der Waals surface area (Å²) in [7, 11) is 0. The van der Waals surface area contributed by atoms with Gasteiger partial charge in [-0.25, -0.2) is 0 Å². The maximum atomic E-state index is 10.7. The number of hydrogen-bond acceptors (Lipinski definition) is 5. The predicted molar refractivity (Wildman–Crippen MR) is 98.3 cm³/mol. The van der Waals surface area contributed by atoms with Crippen molar-refractivity contribution >= 4 is 5.69 Å². The van der Waals surface area contributed by atoms with Crippen LogP contribution in [0.2, 0.25) is 0 Å². The molecule has 0 aliphatic heterocycles. The molecule has 0 unspecified atom stereocenters. The van der Waals surface area contributed by atoms with Gasteiger partial charge in [0.2, 0.25) is 0 Å². The monoisotopic (exact) mass is 350 g/mol. The van der Waals surface area contributed by atoms with Crippen LogP contribution in [-0.4, -0.2) is 16.5 Å². The van der Waals surface area contributed by atoms with Crippen molar-refractivity contribution in [3.63, 3.8) is 0 Å². The van der Waals surface area contributed by atoms with Crippen molar-refractivity contribution in [2.24, 2.45) is 0 Å². The first-order valence-corrected chi connectivity index (χ1v) is 8.20. The molecule has 132 valence electrons. The molecule has 0 saturated carbocycles. The molecule has 0 amide bonds. The highest BCUT2D eigenvalue weighted by Gasteiger charge is 2.06. The summed E-state index contributed by atoms with van der Waals surface area (Å²) in [6.07, 6.45) is 3.53. The number of benzene rings is 2. The van der Waals surface area contributed by atoms with Gasteiger partial charge in [-0.15, -0.1) is 0 Å². The zero-order valence-corrected chi connectivity index (χ0v) is 14.3. The van der Waals surface area contributed by atoms with Gasteiger partial charge < -0.3 is 9.47 Å². The third-order valence-electron chi connectivity index (χ3n) is 3.73. The molecule has 0 bridgehead atoms. The Balaban J connectivity index is 1.71. The van der Waals surface area contributed by atoms with Gasteiger partial charge in [-0.3, -0.25) is 15.1 Å². The summed E-state index contributed by atoms with van der Waals surface area (Å²) in [5.41, 5.74) is 2.93. The summed E-state index contributed by atoms with van der Waals surface area (Å²) in [6, 6.07) is 15.8. The molecule has 3 aromatic rings. The normalized spacial score (nSPS) is 10.3. The van der Waals surface area contributed by atoms with E-state index < -0.39 is 4.92 Å². The molecule has 0 spiro atoms. The van der Waals surface area contributed by atoms with Crippen molar-refractivity contribution in [3.05, 3.63) is 82.7 Å². The fourth-order valence-electron chi connectivity index (χ4n) is 2.49. The quantitative estimate of drug-likeness (QED) is 0.458. The van der Waals surface area contributed by atoms with Gasteiger partial charge in [0.1, 0.15) is 18.1 Å². The summed E-state index contributed by atoms with van der Waals surface area (Å²) in [5, 5.41) is 10.7. The number of nitrogens with zero attached hydrogens (tertiary/aromatic N) is 2. The second-order valence-corrected chi connectivity index (χ2v) is 5.58. The van der Waals surface area contributed by atoms with Crippen LogP contribution < -0.4 is 9.47 Å². The minimum Gasteiger partial charge on any atom is -0.494 e. The summed E-state index contributed by atoms with van der Waals surface area (Å²) in [6.45, 7) is 2.89. The Labute approximate surface area is 151 Å². The SMILES string of the molecule is CCOc1cccc(-c2cncc(COc3ccc([N+](=O)[O-])cc3)c2)c1. The molecule has 0 radical (unpaired) electrons. The third kappa shape index (κ3) is 4.36. The molecular formula is C20H18N2O4. The van der Waals surface area contributed by atoms with Gasteiger partial charge in [-0.2, -0.15) is 0 Å². The molecule has 6 nitrogen and oxygen atoms in total. The fourth-order valence-corrected chi connectivity index (χ4v) is 2.49. The molecule has 0 aliphatic carbocycles. The first-order valence-electron chi connectivity index (χ1n) is 8.20. The molecule has 0 N–H and O–H groups in total. The lowest BCUT2D eigenvalue weighted by Crippen LogP contribution is -1.97. The first-order chi connectivity index (χ1) is 12.7. The maximum absolute atomic E-state index is 10.7. The van der Waals surface area contributed by atoms with E-state index in [9.17, 15) is 10.1 Å². The van der Waals surface area contributed by atoms with Crippen LogP contribution in [-0.2, 0) is 6.61 Å². The molecule has 1 aromatic heterocycles. The van der Waals surface area contributed by atoms with Gasteiger partial charge in [0, 0.05) is 35.7 Å². The van der Waals surface area contributed by atoms with E-state index in [0.717, 1.165) is 22.4 Å². The average Bonchev–Trinajstić information content (AvgIpc) is 2.67. The second-order valence-electron chi connectivity index (χ2n) is 5.58. The lowest BCUT2D eigenvalue weighted by Gasteiger charge is -2.09. The molecule has 1 heterocycles. The maximum Gasteiger partial charge on any atom is 0.269 e. The van der Waals surface area contributed by atoms with Crippen LogP contribution in [0.4, 0.5) is 5.69 Å². The molecule has 0 saturated heterocycles. The van der Waals surface area contributed by atoms with Crippen molar-refractivity contribution in [2.45, 2.75) is 13.5 Å². The van der Waals surface area contributed by atoms with Gasteiger partial charge in [0.05, 0.1) is 11.5 Å². The average molecular weight is 350 g/mol. The Kier molecular flexibility index (Phi) is 5.43. The van der Waals surface area contributed by atoms with Gasteiger partial charge in [0.15, 0.2) is 0 Å². The highest BCUT2D eigenvalue weighted by molar-refractivity contribution is 5.64. The molecule has 0 atom stereocenters. The van der Waals surface area contributed by atoms with Gasteiger partial charge in [0.25, 0.3) is 5.69 Å². The molecule has 0 fully saturated rings. The van der Waals surface area contributed by atoms with Crippen LogP contribution in [0.5, 0.6) is 11.5 Å². The van der Waals surface area contributed by atoms with Crippen LogP contribution >= 0.6 is 0 Å². The van der Waals surface area contributed by atoms with E-state index in [2.05, 4.69) is 4.98 Å². The topological polar surface area (TPSA) is 74.5 Å². The fraction of sp³-hybridized carbons (Fsp3) is 0.150. The molecule has 0 aliphatic rings. The van der Waals surface area contributed by atoms with E-state index in [0.29, 0.717) is 19.0 Å². The van der Waals surface area contributed by atoms with E-state index in [-0.39, 0.29) is 5.69 Å². The summed E-state index contributed by atoms with van der Waals surface area (Å²) in [4.78, 5) is 14.5. The Morgan fingerprint density at radius 2 is 1.77 bits per heavy atom. The van der Waals surface area contributed by atoms with Crippen molar-refractivity contribution in [3.8, 4) is 22.6 Å². The molecule has 3 rings (SSSR count). The minimum atomic E-state index is -0.437. The van der Waals surface area contributed by atoms with E-state index in [1.165, 1.54) is 12.1 Å². The predicted octanol–water partition coefficient (Wildman–Crippen LogP) is 4.63. The van der Waals surface area contributed by atoms with E-state index in [4.69, 9.17) is 9.47 Å². The van der Waals surface area contributed by atoms with Crippen molar-refractivity contribution in [1.82, 2.24) is 4.98 Å². The summed E-state index contributed by atoms with van der Waals surface area (Å²) < 4.78 is 11.2. The number of nitro benzene ring substituents is 1. The Hall–Kier alpha value is -3.41. The third-order valence-corrected chi connectivity index (χ3v) is 3.73. The smallest absolute Gasteiger partial charge is 0.269 e. The highest BCUT2D eigenvalue weighted by Crippen LogP contribution is 2.25. The van der Waals surface area contributed by atoms with Crippen molar-refractivity contribution < 1.29 is 14.4 Å². The number of non-ortho nitro benzene ring substituents is 1. The van der Waals surface area contributed by atoms with Crippen molar-refractivity contribution in [1.29, 1.82) is 0 Å². The number of ether oxygens (including phenoxy) is 2. The molecule has 2 aromatic carbocycles. The zero-order valence-electron chi connectivity index (χ0n) is 14.3. The van der Waals surface area contributed by atoms with Crippen LogP contribution in [0, 0.1) is 10.1 Å². The Bertz CT molecular complexity index is 894. The zero-order chi connectivity index (χ0) is 18.4. The lowest BCUT2D eigenvalue weighted by atomic mass is 10.1.